The number of rotatable bonds is 2. The molecule has 0 radical (unpaired) electrons. The zero-order valence-corrected chi connectivity index (χ0v) is 11.4. The van der Waals surface area contributed by atoms with Crippen molar-refractivity contribution in [1.29, 1.82) is 0 Å². The Labute approximate surface area is 120 Å². The van der Waals surface area contributed by atoms with E-state index < -0.39 is 17.4 Å². The van der Waals surface area contributed by atoms with Gasteiger partial charge in [0.15, 0.2) is 5.78 Å². The first-order valence-corrected chi connectivity index (χ1v) is 7.03. The molecule has 2 aliphatic rings. The summed E-state index contributed by atoms with van der Waals surface area (Å²) in [6.45, 7) is 0.273. The summed E-state index contributed by atoms with van der Waals surface area (Å²) in [5.41, 5.74) is -1.45. The van der Waals surface area contributed by atoms with Crippen LogP contribution in [0.5, 0.6) is 5.75 Å². The lowest BCUT2D eigenvalue weighted by Crippen LogP contribution is -2.47. The Balaban J connectivity index is 2.06. The molecule has 3 rings (SSSR count). The molecule has 3 nitrogen and oxygen atoms in total. The molecule has 2 heterocycles. The van der Waals surface area contributed by atoms with Crippen molar-refractivity contribution in [3.8, 4) is 5.75 Å². The summed E-state index contributed by atoms with van der Waals surface area (Å²) in [5, 5.41) is 2.67. The molecule has 1 saturated heterocycles. The van der Waals surface area contributed by atoms with E-state index in [-0.39, 0.29) is 25.1 Å². The number of ether oxygens (including phenoxy) is 1. The van der Waals surface area contributed by atoms with Crippen LogP contribution in [0.3, 0.4) is 0 Å². The van der Waals surface area contributed by atoms with Gasteiger partial charge in [0.2, 0.25) is 0 Å². The zero-order chi connectivity index (χ0) is 15.1. The Kier molecular flexibility index (Phi) is 3.43. The quantitative estimate of drug-likeness (QED) is 0.853. The van der Waals surface area contributed by atoms with E-state index in [1.165, 1.54) is 6.07 Å². The number of carbonyl (C=O) groups is 1. The molecule has 1 fully saturated rings. The van der Waals surface area contributed by atoms with Crippen LogP contribution in [0.2, 0.25) is 0 Å². The van der Waals surface area contributed by atoms with Crippen molar-refractivity contribution in [1.82, 2.24) is 5.32 Å². The third-order valence-corrected chi connectivity index (χ3v) is 4.31. The fourth-order valence-electron chi connectivity index (χ4n) is 3.08. The number of carbonyl (C=O) groups excluding carboxylic acids is 1. The highest BCUT2D eigenvalue weighted by Crippen LogP contribution is 2.47. The van der Waals surface area contributed by atoms with E-state index in [1.807, 2.05) is 0 Å². The zero-order valence-electron chi connectivity index (χ0n) is 11.4. The van der Waals surface area contributed by atoms with Crippen LogP contribution in [0.1, 0.15) is 28.8 Å². The van der Waals surface area contributed by atoms with Gasteiger partial charge in [-0.3, -0.25) is 4.79 Å². The molecule has 1 aromatic rings. The molecule has 0 saturated carbocycles. The normalized spacial score (nSPS) is 25.3. The molecule has 0 aliphatic carbocycles. The SMILES string of the molecule is O=C(c1cccc2c1OCCC2)C1(C(F)(F)F)CCNC1. The second-order valence-electron chi connectivity index (χ2n) is 5.58. The Morgan fingerprint density at radius 2 is 2.14 bits per heavy atom. The van der Waals surface area contributed by atoms with Gasteiger partial charge in [0.05, 0.1) is 12.2 Å². The summed E-state index contributed by atoms with van der Waals surface area (Å²) in [6, 6.07) is 4.88. The van der Waals surface area contributed by atoms with Gasteiger partial charge >= 0.3 is 6.18 Å². The van der Waals surface area contributed by atoms with Crippen LogP contribution in [-0.4, -0.2) is 31.7 Å². The number of halogens is 3. The number of hydrogen-bond donors (Lipinski definition) is 1. The number of nitrogens with one attached hydrogen (secondary N) is 1. The molecular weight excluding hydrogens is 283 g/mol. The number of Topliss-reactive ketones (excluding diaryl/α,β-unsaturated/α-hetero) is 1. The van der Waals surface area contributed by atoms with Gasteiger partial charge in [0.1, 0.15) is 11.2 Å². The molecule has 1 unspecified atom stereocenters. The molecule has 21 heavy (non-hydrogen) atoms. The third-order valence-electron chi connectivity index (χ3n) is 4.31. The van der Waals surface area contributed by atoms with E-state index in [1.54, 1.807) is 12.1 Å². The summed E-state index contributed by atoms with van der Waals surface area (Å²) in [7, 11) is 0. The lowest BCUT2D eigenvalue weighted by molar-refractivity contribution is -0.197. The average Bonchev–Trinajstić information content (AvgIpc) is 2.96. The van der Waals surface area contributed by atoms with Gasteiger partial charge in [-0.2, -0.15) is 13.2 Å². The lowest BCUT2D eigenvalue weighted by atomic mass is 9.78. The Morgan fingerprint density at radius 3 is 2.81 bits per heavy atom. The summed E-state index contributed by atoms with van der Waals surface area (Å²) in [4.78, 5) is 12.6. The number of benzene rings is 1. The lowest BCUT2D eigenvalue weighted by Gasteiger charge is -2.30. The van der Waals surface area contributed by atoms with Crippen LogP contribution in [0, 0.1) is 5.41 Å². The third kappa shape index (κ3) is 2.21. The standard InChI is InChI=1S/C15H16F3NO2/c16-15(17,18)14(6-7-19-9-14)13(20)11-5-1-3-10-4-2-8-21-12(10)11/h1,3,5,19H,2,4,6-9H2. The Bertz CT molecular complexity index is 563. The van der Waals surface area contributed by atoms with Crippen LogP contribution >= 0.6 is 0 Å². The van der Waals surface area contributed by atoms with Crippen molar-refractivity contribution in [3.63, 3.8) is 0 Å². The molecule has 1 atom stereocenters. The highest BCUT2D eigenvalue weighted by Gasteiger charge is 2.61. The van der Waals surface area contributed by atoms with Gasteiger partial charge in [-0.25, -0.2) is 0 Å². The minimum Gasteiger partial charge on any atom is -0.493 e. The van der Waals surface area contributed by atoms with E-state index in [0.29, 0.717) is 12.4 Å². The maximum absolute atomic E-state index is 13.5. The number of hydrogen-bond acceptors (Lipinski definition) is 3. The van der Waals surface area contributed by atoms with Crippen molar-refractivity contribution in [2.24, 2.45) is 5.41 Å². The number of ketones is 1. The summed E-state index contributed by atoms with van der Waals surface area (Å²) in [5.74, 6) is -0.539. The van der Waals surface area contributed by atoms with Gasteiger partial charge in [-0.15, -0.1) is 0 Å². The molecule has 2 aliphatic heterocycles. The van der Waals surface area contributed by atoms with E-state index in [9.17, 15) is 18.0 Å². The van der Waals surface area contributed by atoms with Gasteiger partial charge < -0.3 is 10.1 Å². The summed E-state index contributed by atoms with van der Waals surface area (Å²) >= 11 is 0. The monoisotopic (exact) mass is 299 g/mol. The van der Waals surface area contributed by atoms with Gasteiger partial charge in [-0.05, 0) is 37.4 Å². The maximum atomic E-state index is 13.5. The average molecular weight is 299 g/mol. The summed E-state index contributed by atoms with van der Waals surface area (Å²) in [6.07, 6.45) is -3.24. The van der Waals surface area contributed by atoms with Crippen molar-refractivity contribution in [3.05, 3.63) is 29.3 Å². The fraction of sp³-hybridized carbons (Fsp3) is 0.533. The first-order valence-electron chi connectivity index (χ1n) is 7.03. The van der Waals surface area contributed by atoms with Gasteiger partial charge in [0.25, 0.3) is 0 Å². The van der Waals surface area contributed by atoms with Crippen LogP contribution in [-0.2, 0) is 6.42 Å². The number of alkyl halides is 3. The molecule has 1 N–H and O–H groups in total. The largest absolute Gasteiger partial charge is 0.493 e. The van der Waals surface area contributed by atoms with Crippen LogP contribution in [0.4, 0.5) is 13.2 Å². The smallest absolute Gasteiger partial charge is 0.402 e. The predicted molar refractivity (Wildman–Crippen MR) is 70.6 cm³/mol. The second-order valence-corrected chi connectivity index (χ2v) is 5.58. The van der Waals surface area contributed by atoms with Crippen LogP contribution in [0.15, 0.2) is 18.2 Å². The van der Waals surface area contributed by atoms with E-state index in [4.69, 9.17) is 4.74 Å². The number of fused-ring (bicyclic) bond motifs is 1. The Hall–Kier alpha value is -1.56. The highest BCUT2D eigenvalue weighted by molar-refractivity contribution is 6.04. The molecule has 0 aromatic heterocycles. The molecule has 114 valence electrons. The van der Waals surface area contributed by atoms with Crippen molar-refractivity contribution >= 4 is 5.78 Å². The molecule has 0 amide bonds. The minimum atomic E-state index is -4.56. The minimum absolute atomic E-state index is 0.0632. The first-order chi connectivity index (χ1) is 9.96. The van der Waals surface area contributed by atoms with E-state index in [2.05, 4.69) is 5.32 Å². The first kappa shape index (κ1) is 14.4. The van der Waals surface area contributed by atoms with Crippen molar-refractivity contribution < 1.29 is 22.7 Å². The molecule has 6 heteroatoms. The fourth-order valence-corrected chi connectivity index (χ4v) is 3.08. The van der Waals surface area contributed by atoms with E-state index >= 15 is 0 Å². The Morgan fingerprint density at radius 1 is 1.33 bits per heavy atom. The number of aryl methyl sites for hydroxylation is 1. The molecule has 0 bridgehead atoms. The van der Waals surface area contributed by atoms with Crippen molar-refractivity contribution in [2.45, 2.75) is 25.4 Å². The molecule has 0 spiro atoms. The second kappa shape index (κ2) is 5.02. The van der Waals surface area contributed by atoms with Crippen LogP contribution in [0.25, 0.3) is 0 Å². The highest BCUT2D eigenvalue weighted by atomic mass is 19.4. The molecule has 1 aromatic carbocycles. The van der Waals surface area contributed by atoms with Crippen LogP contribution < -0.4 is 10.1 Å². The predicted octanol–water partition coefficient (Wildman–Crippen LogP) is 2.74. The van der Waals surface area contributed by atoms with Gasteiger partial charge in [0, 0.05) is 6.54 Å². The number of para-hydroxylation sites is 1. The molecular formula is C15H16F3NO2. The topological polar surface area (TPSA) is 38.3 Å². The van der Waals surface area contributed by atoms with E-state index in [0.717, 1.165) is 18.4 Å². The maximum Gasteiger partial charge on any atom is 0.402 e. The van der Waals surface area contributed by atoms with Gasteiger partial charge in [-0.1, -0.05) is 12.1 Å². The van der Waals surface area contributed by atoms with Crippen molar-refractivity contribution in [2.75, 3.05) is 19.7 Å². The summed E-state index contributed by atoms with van der Waals surface area (Å²) < 4.78 is 45.9.